The van der Waals surface area contributed by atoms with E-state index < -0.39 is 26.5 Å². The molecule has 2 unspecified atom stereocenters. The summed E-state index contributed by atoms with van der Waals surface area (Å²) in [6, 6.07) is 0. The van der Waals surface area contributed by atoms with Crippen LogP contribution in [0.2, 0.25) is 0 Å². The summed E-state index contributed by atoms with van der Waals surface area (Å²) < 4.78 is 34.7. The first-order valence-corrected chi connectivity index (χ1v) is 37.7. The number of nitrogens with zero attached hydrogens (tertiary/aromatic N) is 1. The lowest BCUT2D eigenvalue weighted by Gasteiger charge is -2.24. The number of rotatable bonds is 67. The van der Waals surface area contributed by atoms with E-state index in [-0.39, 0.29) is 25.6 Å². The van der Waals surface area contributed by atoms with Crippen LogP contribution >= 0.6 is 7.82 Å². The molecule has 0 saturated carbocycles. The Hall–Kier alpha value is -2.55. The Morgan fingerprint density at radius 2 is 0.671 bits per heavy atom. The predicted molar refractivity (Wildman–Crippen MR) is 367 cm³/mol. The van der Waals surface area contributed by atoms with E-state index in [1.165, 1.54) is 238 Å². The minimum Gasteiger partial charge on any atom is -0.462 e. The zero-order valence-electron chi connectivity index (χ0n) is 56.6. The van der Waals surface area contributed by atoms with Gasteiger partial charge in [0.15, 0.2) is 6.10 Å². The van der Waals surface area contributed by atoms with Gasteiger partial charge in [-0.25, -0.2) is 4.57 Å². The summed E-state index contributed by atoms with van der Waals surface area (Å²) in [5, 5.41) is 0. The number of unbranched alkanes of at least 4 members (excludes halogenated alkanes) is 41. The van der Waals surface area contributed by atoms with Crippen molar-refractivity contribution in [2.45, 2.75) is 347 Å². The SMILES string of the molecule is CC/C=C\C/C=C\C/C=C\C/C=C\C/C=C\C/C=C\CCCCCCCCCCCCCCCCCCCCCCCCC(=O)OC(COC(=O)CCCCCCCCCCCCCCCCCCCCCC)COP(=O)(O)OCC[N+](C)(C)C. The number of hydrogen-bond donors (Lipinski definition) is 1. The number of quaternary nitrogens is 1. The maximum atomic E-state index is 12.9. The van der Waals surface area contributed by atoms with Crippen LogP contribution in [0.15, 0.2) is 72.9 Å². The topological polar surface area (TPSA) is 108 Å². The molecule has 1 N–H and O–H groups in total. The Morgan fingerprint density at radius 3 is 1.00 bits per heavy atom. The number of ether oxygens (including phenoxy) is 2. The molecule has 0 spiro atoms. The van der Waals surface area contributed by atoms with Gasteiger partial charge in [-0.1, -0.05) is 337 Å². The van der Waals surface area contributed by atoms with Crippen LogP contribution in [0.3, 0.4) is 0 Å². The van der Waals surface area contributed by atoms with Crippen LogP contribution in [0.1, 0.15) is 341 Å². The average Bonchev–Trinajstić information content (AvgIpc) is 3.51. The van der Waals surface area contributed by atoms with Gasteiger partial charge >= 0.3 is 19.8 Å². The smallest absolute Gasteiger partial charge is 0.462 e. The molecule has 0 aliphatic heterocycles. The molecule has 0 saturated heterocycles. The van der Waals surface area contributed by atoms with E-state index in [1.54, 1.807) is 0 Å². The number of phosphoric ester groups is 1. The largest absolute Gasteiger partial charge is 0.472 e. The highest BCUT2D eigenvalue weighted by Gasteiger charge is 2.27. The molecular formula is C75H139NO8P+. The third kappa shape index (κ3) is 70.4. The summed E-state index contributed by atoms with van der Waals surface area (Å²) in [5.74, 6) is -0.777. The maximum Gasteiger partial charge on any atom is 0.472 e. The Kier molecular flexibility index (Phi) is 63.9. The highest BCUT2D eigenvalue weighted by molar-refractivity contribution is 7.47. The second-order valence-corrected chi connectivity index (χ2v) is 27.1. The van der Waals surface area contributed by atoms with Crippen LogP contribution in [-0.4, -0.2) is 74.9 Å². The van der Waals surface area contributed by atoms with Crippen molar-refractivity contribution in [1.82, 2.24) is 0 Å². The first-order chi connectivity index (χ1) is 41.5. The first-order valence-electron chi connectivity index (χ1n) is 36.2. The lowest BCUT2D eigenvalue weighted by molar-refractivity contribution is -0.870. The average molecular weight is 1210 g/mol. The van der Waals surface area contributed by atoms with Gasteiger partial charge in [0.2, 0.25) is 0 Å². The summed E-state index contributed by atoms with van der Waals surface area (Å²) in [6.07, 6.45) is 88.8. The normalized spacial score (nSPS) is 13.5. The van der Waals surface area contributed by atoms with Crippen molar-refractivity contribution >= 4 is 19.8 Å². The summed E-state index contributed by atoms with van der Waals surface area (Å²) >= 11 is 0. The number of hydrogen-bond acceptors (Lipinski definition) is 7. The summed E-state index contributed by atoms with van der Waals surface area (Å²) in [7, 11) is 1.49. The summed E-state index contributed by atoms with van der Waals surface area (Å²) in [5.41, 5.74) is 0. The van der Waals surface area contributed by atoms with E-state index >= 15 is 0 Å². The zero-order chi connectivity index (χ0) is 61.9. The molecule has 0 radical (unpaired) electrons. The second kappa shape index (κ2) is 65.9. The van der Waals surface area contributed by atoms with Gasteiger partial charge in [-0.2, -0.15) is 0 Å². The van der Waals surface area contributed by atoms with Gasteiger partial charge < -0.3 is 18.9 Å². The number of likely N-dealkylation sites (N-methyl/N-ethyl adjacent to an activating group) is 1. The van der Waals surface area contributed by atoms with Crippen molar-refractivity contribution in [1.29, 1.82) is 0 Å². The number of phosphoric acid groups is 1. The molecule has 0 aliphatic rings. The quantitative estimate of drug-likeness (QED) is 0.0211. The monoisotopic (exact) mass is 1210 g/mol. The van der Waals surface area contributed by atoms with Gasteiger partial charge in [-0.3, -0.25) is 18.6 Å². The number of carbonyl (C=O) groups is 2. The van der Waals surface area contributed by atoms with Crippen LogP contribution in [-0.2, 0) is 32.7 Å². The molecular weight excluding hydrogens is 1070 g/mol. The summed E-state index contributed by atoms with van der Waals surface area (Å²) in [4.78, 5) is 35.9. The molecule has 0 aromatic heterocycles. The fourth-order valence-electron chi connectivity index (χ4n) is 10.5. The second-order valence-electron chi connectivity index (χ2n) is 25.6. The highest BCUT2D eigenvalue weighted by Crippen LogP contribution is 2.43. The van der Waals surface area contributed by atoms with Crippen LogP contribution < -0.4 is 0 Å². The first kappa shape index (κ1) is 82.5. The predicted octanol–water partition coefficient (Wildman–Crippen LogP) is 23.6. The molecule has 9 nitrogen and oxygen atoms in total. The van der Waals surface area contributed by atoms with E-state index in [2.05, 4.69) is 86.8 Å². The minimum atomic E-state index is -4.39. The lowest BCUT2D eigenvalue weighted by Crippen LogP contribution is -2.37. The minimum absolute atomic E-state index is 0.0340. The highest BCUT2D eigenvalue weighted by atomic mass is 31.2. The molecule has 10 heteroatoms. The Balaban J connectivity index is 3.92. The van der Waals surface area contributed by atoms with E-state index in [0.29, 0.717) is 23.9 Å². The Labute approximate surface area is 527 Å². The van der Waals surface area contributed by atoms with Crippen molar-refractivity contribution in [2.75, 3.05) is 47.5 Å². The third-order valence-corrected chi connectivity index (χ3v) is 17.0. The van der Waals surface area contributed by atoms with Crippen molar-refractivity contribution < 1.29 is 42.1 Å². The molecule has 0 aromatic rings. The molecule has 85 heavy (non-hydrogen) atoms. The van der Waals surface area contributed by atoms with Gasteiger partial charge in [0.25, 0.3) is 0 Å². The fraction of sp³-hybridized carbons (Fsp3) is 0.813. The molecule has 0 aromatic carbocycles. The van der Waals surface area contributed by atoms with Crippen molar-refractivity contribution in [3.63, 3.8) is 0 Å². The molecule has 496 valence electrons. The number of allylic oxidation sites excluding steroid dienone is 12. The van der Waals surface area contributed by atoms with Crippen LogP contribution in [0.4, 0.5) is 0 Å². The van der Waals surface area contributed by atoms with Crippen LogP contribution in [0, 0.1) is 0 Å². The van der Waals surface area contributed by atoms with Gasteiger partial charge in [0.1, 0.15) is 19.8 Å². The number of carbonyl (C=O) groups excluding carboxylic acids is 2. The Morgan fingerprint density at radius 1 is 0.376 bits per heavy atom. The molecule has 0 rings (SSSR count). The lowest BCUT2D eigenvalue weighted by atomic mass is 10.0. The van der Waals surface area contributed by atoms with Gasteiger partial charge in [-0.05, 0) is 64.2 Å². The maximum absolute atomic E-state index is 12.9. The van der Waals surface area contributed by atoms with Gasteiger partial charge in [0, 0.05) is 12.8 Å². The van der Waals surface area contributed by atoms with E-state index in [1.807, 2.05) is 21.1 Å². The molecule has 0 aliphatic carbocycles. The van der Waals surface area contributed by atoms with Gasteiger partial charge in [-0.15, -0.1) is 0 Å². The van der Waals surface area contributed by atoms with Crippen LogP contribution in [0.25, 0.3) is 0 Å². The van der Waals surface area contributed by atoms with Crippen molar-refractivity contribution in [3.8, 4) is 0 Å². The zero-order valence-corrected chi connectivity index (χ0v) is 57.5. The fourth-order valence-corrected chi connectivity index (χ4v) is 11.2. The molecule has 0 fully saturated rings. The molecule has 0 heterocycles. The molecule has 0 amide bonds. The number of esters is 2. The Bertz CT molecular complexity index is 1660. The van der Waals surface area contributed by atoms with E-state index in [0.717, 1.165) is 70.6 Å². The third-order valence-electron chi connectivity index (χ3n) is 16.0. The molecule has 2 atom stereocenters. The summed E-state index contributed by atoms with van der Waals surface area (Å²) in [6.45, 7) is 4.38. The molecule has 0 bridgehead atoms. The van der Waals surface area contributed by atoms with E-state index in [9.17, 15) is 19.0 Å². The van der Waals surface area contributed by atoms with Crippen molar-refractivity contribution in [2.24, 2.45) is 0 Å². The van der Waals surface area contributed by atoms with Gasteiger partial charge in [0.05, 0.1) is 27.7 Å². The van der Waals surface area contributed by atoms with Crippen molar-refractivity contribution in [3.05, 3.63) is 72.9 Å². The standard InChI is InChI=1S/C75H138NO8P/c1-6-8-10-12-14-16-18-20-22-24-26-28-29-30-31-32-33-34-35-36-37-38-39-40-41-42-43-44-45-46-47-48-50-52-54-56-58-60-62-64-66-68-75(78)84-73(72-83-85(79,80)82-70-69-76(3,4)5)71-81-74(77)67-65-63-61-59-57-55-53-51-49-27-25-23-21-19-17-15-13-11-9-7-2/h8,10,14,16,20,22,26,28,30-31,33-34,73H,6-7,9,11-13,15,17-19,21,23-25,27,29,32,35-72H2,1-5H3/p+1/b10-8-,16-14-,22-20-,28-26-,31-30-,34-33-. The van der Waals surface area contributed by atoms with E-state index in [4.69, 9.17) is 18.5 Å². The van der Waals surface area contributed by atoms with Crippen LogP contribution in [0.5, 0.6) is 0 Å².